The van der Waals surface area contributed by atoms with Gasteiger partial charge in [-0.2, -0.15) is 0 Å². The molecule has 0 aromatic heterocycles. The van der Waals surface area contributed by atoms with Gasteiger partial charge in [0.2, 0.25) is 0 Å². The van der Waals surface area contributed by atoms with Crippen LogP contribution in [0, 0.1) is 5.82 Å². The van der Waals surface area contributed by atoms with Crippen molar-refractivity contribution >= 4 is 11.6 Å². The average Bonchev–Trinajstić information content (AvgIpc) is 2.38. The van der Waals surface area contributed by atoms with E-state index in [9.17, 15) is 4.39 Å². The standard InChI is InChI=1S/C15H22ClFN2/c1-3-4-14-10-19(11(2)8-18-14)9-12-7-13(17)5-6-15(12)16/h5-7,11,14,18H,3-4,8-10H2,1-2H3. The normalized spacial score (nSPS) is 24.6. The molecule has 1 fully saturated rings. The SMILES string of the molecule is CCCC1CN(Cc2cc(F)ccc2Cl)C(C)CN1. The quantitative estimate of drug-likeness (QED) is 0.911. The molecule has 0 spiro atoms. The van der Waals surface area contributed by atoms with Gasteiger partial charge in [-0.1, -0.05) is 24.9 Å². The molecule has 0 saturated carbocycles. The largest absolute Gasteiger partial charge is 0.311 e. The molecule has 2 rings (SSSR count). The molecule has 0 bridgehead atoms. The number of rotatable bonds is 4. The Morgan fingerprint density at radius 3 is 3.00 bits per heavy atom. The van der Waals surface area contributed by atoms with E-state index in [2.05, 4.69) is 24.1 Å². The number of piperazine rings is 1. The third kappa shape index (κ3) is 3.91. The predicted octanol–water partition coefficient (Wildman–Crippen LogP) is 3.44. The van der Waals surface area contributed by atoms with Gasteiger partial charge in [-0.25, -0.2) is 4.39 Å². The number of hydrogen-bond acceptors (Lipinski definition) is 2. The summed E-state index contributed by atoms with van der Waals surface area (Å²) in [6, 6.07) is 5.59. The molecule has 1 aromatic rings. The lowest BCUT2D eigenvalue weighted by Gasteiger charge is -2.39. The minimum Gasteiger partial charge on any atom is -0.311 e. The van der Waals surface area contributed by atoms with Crippen molar-refractivity contribution in [2.45, 2.75) is 45.3 Å². The average molecular weight is 285 g/mol. The van der Waals surface area contributed by atoms with E-state index < -0.39 is 0 Å². The second-order valence-electron chi connectivity index (χ2n) is 5.41. The highest BCUT2D eigenvalue weighted by atomic mass is 35.5. The van der Waals surface area contributed by atoms with Crippen molar-refractivity contribution in [1.82, 2.24) is 10.2 Å². The smallest absolute Gasteiger partial charge is 0.123 e. The molecule has 2 nitrogen and oxygen atoms in total. The van der Waals surface area contributed by atoms with Gasteiger partial charge >= 0.3 is 0 Å². The fourth-order valence-electron chi connectivity index (χ4n) is 2.64. The number of halogens is 2. The van der Waals surface area contributed by atoms with Crippen LogP contribution in [-0.2, 0) is 6.54 Å². The summed E-state index contributed by atoms with van der Waals surface area (Å²) in [6.07, 6.45) is 2.36. The summed E-state index contributed by atoms with van der Waals surface area (Å²) in [5, 5.41) is 4.21. The van der Waals surface area contributed by atoms with Gasteiger partial charge < -0.3 is 5.32 Å². The van der Waals surface area contributed by atoms with Gasteiger partial charge in [0.1, 0.15) is 5.82 Å². The van der Waals surface area contributed by atoms with E-state index >= 15 is 0 Å². The molecule has 0 radical (unpaired) electrons. The third-order valence-corrected chi connectivity index (χ3v) is 4.17. The van der Waals surface area contributed by atoms with E-state index in [4.69, 9.17) is 11.6 Å². The van der Waals surface area contributed by atoms with Crippen LogP contribution in [0.2, 0.25) is 5.02 Å². The van der Waals surface area contributed by atoms with E-state index in [-0.39, 0.29) is 5.82 Å². The Kier molecular flexibility index (Phi) is 5.20. The summed E-state index contributed by atoms with van der Waals surface area (Å²) in [5.41, 5.74) is 0.880. The van der Waals surface area contributed by atoms with Gasteiger partial charge in [0, 0.05) is 36.7 Å². The lowest BCUT2D eigenvalue weighted by molar-refractivity contribution is 0.129. The molecule has 4 heteroatoms. The first-order valence-corrected chi connectivity index (χ1v) is 7.39. The molecule has 1 aromatic carbocycles. The molecule has 19 heavy (non-hydrogen) atoms. The van der Waals surface area contributed by atoms with Crippen LogP contribution < -0.4 is 5.32 Å². The summed E-state index contributed by atoms with van der Waals surface area (Å²) in [5.74, 6) is -0.215. The van der Waals surface area contributed by atoms with Crippen molar-refractivity contribution in [3.05, 3.63) is 34.6 Å². The molecule has 1 heterocycles. The topological polar surface area (TPSA) is 15.3 Å². The van der Waals surface area contributed by atoms with Crippen molar-refractivity contribution in [1.29, 1.82) is 0 Å². The van der Waals surface area contributed by atoms with E-state index in [1.165, 1.54) is 18.9 Å². The van der Waals surface area contributed by atoms with E-state index in [1.807, 2.05) is 0 Å². The van der Waals surface area contributed by atoms with Crippen LogP contribution in [-0.4, -0.2) is 30.1 Å². The monoisotopic (exact) mass is 284 g/mol. The first-order chi connectivity index (χ1) is 9.10. The minimum absolute atomic E-state index is 0.215. The molecular formula is C15H22ClFN2. The Morgan fingerprint density at radius 2 is 2.26 bits per heavy atom. The molecule has 1 aliphatic rings. The zero-order valence-corrected chi connectivity index (χ0v) is 12.4. The van der Waals surface area contributed by atoms with E-state index in [0.717, 1.165) is 25.2 Å². The van der Waals surface area contributed by atoms with Gasteiger partial charge in [0.05, 0.1) is 0 Å². The Hall–Kier alpha value is -0.640. The highest BCUT2D eigenvalue weighted by Crippen LogP contribution is 2.21. The molecular weight excluding hydrogens is 263 g/mol. The number of hydrogen-bond donors (Lipinski definition) is 1. The Bertz CT molecular complexity index is 425. The summed E-state index contributed by atoms with van der Waals surface area (Å²) in [7, 11) is 0. The predicted molar refractivity (Wildman–Crippen MR) is 78.0 cm³/mol. The second kappa shape index (κ2) is 6.69. The molecule has 0 amide bonds. The lowest BCUT2D eigenvalue weighted by Crippen LogP contribution is -2.54. The maximum atomic E-state index is 13.3. The molecule has 2 atom stereocenters. The van der Waals surface area contributed by atoms with Crippen LogP contribution >= 0.6 is 11.6 Å². The van der Waals surface area contributed by atoms with Crippen LogP contribution in [0.5, 0.6) is 0 Å². The highest BCUT2D eigenvalue weighted by Gasteiger charge is 2.24. The van der Waals surface area contributed by atoms with Crippen molar-refractivity contribution in [2.24, 2.45) is 0 Å². The first-order valence-electron chi connectivity index (χ1n) is 7.01. The van der Waals surface area contributed by atoms with Crippen molar-refractivity contribution in [2.75, 3.05) is 13.1 Å². The zero-order chi connectivity index (χ0) is 13.8. The molecule has 1 aliphatic heterocycles. The zero-order valence-electron chi connectivity index (χ0n) is 11.6. The molecule has 2 unspecified atom stereocenters. The van der Waals surface area contributed by atoms with E-state index in [0.29, 0.717) is 17.1 Å². The summed E-state index contributed by atoms with van der Waals surface area (Å²) >= 11 is 6.15. The van der Waals surface area contributed by atoms with Crippen molar-refractivity contribution < 1.29 is 4.39 Å². The van der Waals surface area contributed by atoms with Gasteiger partial charge in [-0.05, 0) is 37.1 Å². The van der Waals surface area contributed by atoms with Gasteiger partial charge in [-0.3, -0.25) is 4.90 Å². The van der Waals surface area contributed by atoms with Gasteiger partial charge in [-0.15, -0.1) is 0 Å². The maximum absolute atomic E-state index is 13.3. The van der Waals surface area contributed by atoms with Crippen LogP contribution in [0.25, 0.3) is 0 Å². The fraction of sp³-hybridized carbons (Fsp3) is 0.600. The number of benzene rings is 1. The third-order valence-electron chi connectivity index (χ3n) is 3.80. The Morgan fingerprint density at radius 1 is 1.47 bits per heavy atom. The molecule has 1 saturated heterocycles. The Balaban J connectivity index is 2.05. The summed E-state index contributed by atoms with van der Waals surface area (Å²) in [4.78, 5) is 2.39. The van der Waals surface area contributed by atoms with Crippen molar-refractivity contribution in [3.63, 3.8) is 0 Å². The molecule has 106 valence electrons. The van der Waals surface area contributed by atoms with Crippen molar-refractivity contribution in [3.8, 4) is 0 Å². The summed E-state index contributed by atoms with van der Waals surface area (Å²) < 4.78 is 13.3. The Labute approximate surface area is 119 Å². The summed E-state index contributed by atoms with van der Waals surface area (Å²) in [6.45, 7) is 7.11. The number of nitrogens with one attached hydrogen (secondary N) is 1. The minimum atomic E-state index is -0.215. The van der Waals surface area contributed by atoms with Gasteiger partial charge in [0.15, 0.2) is 0 Å². The lowest BCUT2D eigenvalue weighted by atomic mass is 10.0. The van der Waals surface area contributed by atoms with Crippen LogP contribution in [0.1, 0.15) is 32.3 Å². The molecule has 1 N–H and O–H groups in total. The molecule has 0 aliphatic carbocycles. The van der Waals surface area contributed by atoms with Crippen LogP contribution in [0.3, 0.4) is 0 Å². The van der Waals surface area contributed by atoms with Crippen LogP contribution in [0.4, 0.5) is 4.39 Å². The van der Waals surface area contributed by atoms with Crippen LogP contribution in [0.15, 0.2) is 18.2 Å². The highest BCUT2D eigenvalue weighted by molar-refractivity contribution is 6.31. The fourth-order valence-corrected chi connectivity index (χ4v) is 2.82. The van der Waals surface area contributed by atoms with E-state index in [1.54, 1.807) is 12.1 Å². The first kappa shape index (κ1) is 14.8. The number of nitrogens with zero attached hydrogens (tertiary/aromatic N) is 1. The van der Waals surface area contributed by atoms with Gasteiger partial charge in [0.25, 0.3) is 0 Å². The second-order valence-corrected chi connectivity index (χ2v) is 5.82. The maximum Gasteiger partial charge on any atom is 0.123 e.